The number of primary amides is 1. The summed E-state index contributed by atoms with van der Waals surface area (Å²) >= 11 is 7.21. The zero-order valence-corrected chi connectivity index (χ0v) is 9.85. The van der Waals surface area contributed by atoms with Gasteiger partial charge >= 0.3 is 6.03 Å². The van der Waals surface area contributed by atoms with Gasteiger partial charge in [0.15, 0.2) is 0 Å². The number of hydrogen-bond acceptors (Lipinski definition) is 4. The molecule has 0 bridgehead atoms. The van der Waals surface area contributed by atoms with Crippen molar-refractivity contribution in [1.82, 2.24) is 10.3 Å². The number of hydrogen-bond donors (Lipinski definition) is 2. The van der Waals surface area contributed by atoms with Crippen LogP contribution in [0.3, 0.4) is 0 Å². The number of carbonyl (C=O) groups is 2. The predicted octanol–water partition coefficient (Wildman–Crippen LogP) is 1.41. The lowest BCUT2D eigenvalue weighted by molar-refractivity contribution is -0.119. The van der Waals surface area contributed by atoms with Crippen LogP contribution < -0.4 is 11.1 Å². The van der Waals surface area contributed by atoms with Crippen LogP contribution in [0.5, 0.6) is 0 Å². The first kappa shape index (κ1) is 12.8. The van der Waals surface area contributed by atoms with Crippen molar-refractivity contribution in [1.29, 1.82) is 0 Å². The summed E-state index contributed by atoms with van der Waals surface area (Å²) in [6.45, 7) is 0. The molecule has 5 nitrogen and oxygen atoms in total. The molecule has 1 aromatic heterocycles. The van der Waals surface area contributed by atoms with Gasteiger partial charge in [0.05, 0.1) is 5.02 Å². The zero-order valence-electron chi connectivity index (χ0n) is 8.27. The lowest BCUT2D eigenvalue weighted by atomic mass is 10.4. The molecule has 0 aliphatic rings. The van der Waals surface area contributed by atoms with Gasteiger partial charge in [-0.3, -0.25) is 10.1 Å². The molecule has 1 heterocycles. The number of thioether (sulfide) groups is 1. The smallest absolute Gasteiger partial charge is 0.318 e. The highest BCUT2D eigenvalue weighted by Gasteiger charge is 2.06. The third-order valence-electron chi connectivity index (χ3n) is 1.56. The van der Waals surface area contributed by atoms with E-state index in [2.05, 4.69) is 4.98 Å². The quantitative estimate of drug-likeness (QED) is 0.801. The minimum absolute atomic E-state index is 0.181. The minimum atomic E-state index is -0.842. The maximum Gasteiger partial charge on any atom is 0.318 e. The number of pyridine rings is 1. The lowest BCUT2D eigenvalue weighted by Crippen LogP contribution is -2.35. The fourth-order valence-corrected chi connectivity index (χ4v) is 2.03. The number of nitrogens with one attached hydrogen (secondary N) is 1. The summed E-state index contributed by atoms with van der Waals surface area (Å²) in [6.07, 6.45) is 1.80. The van der Waals surface area contributed by atoms with Gasteiger partial charge in [0.2, 0.25) is 5.91 Å². The number of amides is 3. The van der Waals surface area contributed by atoms with Crippen molar-refractivity contribution in [2.24, 2.45) is 5.73 Å². The summed E-state index contributed by atoms with van der Waals surface area (Å²) < 4.78 is 0. The second-order valence-electron chi connectivity index (χ2n) is 2.80. The number of rotatable bonds is 4. The Balaban J connectivity index is 2.33. The first-order chi connectivity index (χ1) is 7.59. The Kier molecular flexibility index (Phi) is 5.07. The van der Waals surface area contributed by atoms with Crippen molar-refractivity contribution in [3.8, 4) is 0 Å². The molecule has 0 aliphatic carbocycles. The molecule has 1 rings (SSSR count). The van der Waals surface area contributed by atoms with Crippen LogP contribution in [0.1, 0.15) is 6.42 Å². The van der Waals surface area contributed by atoms with E-state index in [-0.39, 0.29) is 6.42 Å². The number of nitrogens with two attached hydrogens (primary N) is 1. The van der Waals surface area contributed by atoms with Gasteiger partial charge in [0.1, 0.15) is 5.03 Å². The van der Waals surface area contributed by atoms with Crippen molar-refractivity contribution in [2.75, 3.05) is 5.75 Å². The van der Waals surface area contributed by atoms with Crippen LogP contribution in [-0.4, -0.2) is 22.7 Å². The van der Waals surface area contributed by atoms with Gasteiger partial charge in [-0.15, -0.1) is 11.8 Å². The van der Waals surface area contributed by atoms with E-state index in [0.717, 1.165) is 0 Å². The molecular formula is C9H10ClN3O2S. The number of urea groups is 1. The summed E-state index contributed by atoms with van der Waals surface area (Å²) in [5, 5.41) is 3.18. The van der Waals surface area contributed by atoms with Crippen LogP contribution in [-0.2, 0) is 4.79 Å². The fourth-order valence-electron chi connectivity index (χ4n) is 0.918. The molecule has 0 radical (unpaired) electrons. The van der Waals surface area contributed by atoms with E-state index in [4.69, 9.17) is 17.3 Å². The van der Waals surface area contributed by atoms with E-state index in [0.29, 0.717) is 15.8 Å². The Morgan fingerprint density at radius 2 is 2.31 bits per heavy atom. The molecule has 0 saturated heterocycles. The van der Waals surface area contributed by atoms with E-state index < -0.39 is 11.9 Å². The molecule has 3 N–H and O–H groups in total. The van der Waals surface area contributed by atoms with Crippen molar-refractivity contribution in [3.63, 3.8) is 0 Å². The third kappa shape index (κ3) is 4.50. The van der Waals surface area contributed by atoms with Gasteiger partial charge < -0.3 is 5.73 Å². The minimum Gasteiger partial charge on any atom is -0.351 e. The first-order valence-corrected chi connectivity index (χ1v) is 5.78. The molecule has 0 unspecified atom stereocenters. The molecule has 7 heteroatoms. The van der Waals surface area contributed by atoms with E-state index >= 15 is 0 Å². The highest BCUT2D eigenvalue weighted by atomic mass is 35.5. The summed E-state index contributed by atoms with van der Waals surface area (Å²) in [4.78, 5) is 25.4. The van der Waals surface area contributed by atoms with Crippen molar-refractivity contribution < 1.29 is 9.59 Å². The van der Waals surface area contributed by atoms with Gasteiger partial charge in [-0.1, -0.05) is 11.6 Å². The van der Waals surface area contributed by atoms with Gasteiger partial charge in [-0.25, -0.2) is 9.78 Å². The summed E-state index contributed by atoms with van der Waals surface area (Å²) in [7, 11) is 0. The average molecular weight is 260 g/mol. The molecule has 0 fully saturated rings. The van der Waals surface area contributed by atoms with Crippen molar-refractivity contribution in [3.05, 3.63) is 23.4 Å². The van der Waals surface area contributed by atoms with E-state index in [1.54, 1.807) is 18.3 Å². The summed E-state index contributed by atoms with van der Waals surface area (Å²) in [6, 6.07) is 2.61. The molecule has 16 heavy (non-hydrogen) atoms. The Labute approximate surface area is 102 Å². The second kappa shape index (κ2) is 6.34. The zero-order chi connectivity index (χ0) is 12.0. The Morgan fingerprint density at radius 1 is 1.56 bits per heavy atom. The van der Waals surface area contributed by atoms with Crippen LogP contribution in [0.2, 0.25) is 5.02 Å². The molecule has 1 aromatic rings. The van der Waals surface area contributed by atoms with Crippen LogP contribution in [0.25, 0.3) is 0 Å². The second-order valence-corrected chi connectivity index (χ2v) is 4.29. The van der Waals surface area contributed by atoms with E-state index in [9.17, 15) is 9.59 Å². The highest BCUT2D eigenvalue weighted by molar-refractivity contribution is 7.99. The van der Waals surface area contributed by atoms with Gasteiger partial charge in [-0.05, 0) is 12.1 Å². The highest BCUT2D eigenvalue weighted by Crippen LogP contribution is 2.24. The number of carbonyl (C=O) groups excluding carboxylic acids is 2. The van der Waals surface area contributed by atoms with Crippen LogP contribution in [0.4, 0.5) is 4.79 Å². The van der Waals surface area contributed by atoms with Crippen molar-refractivity contribution in [2.45, 2.75) is 11.4 Å². The monoisotopic (exact) mass is 259 g/mol. The van der Waals surface area contributed by atoms with Gasteiger partial charge in [-0.2, -0.15) is 0 Å². The number of aromatic nitrogens is 1. The van der Waals surface area contributed by atoms with E-state index in [1.165, 1.54) is 11.8 Å². The third-order valence-corrected chi connectivity index (χ3v) is 2.98. The molecule has 3 amide bonds. The van der Waals surface area contributed by atoms with Crippen molar-refractivity contribution >= 4 is 35.3 Å². The number of imide groups is 1. The Morgan fingerprint density at radius 3 is 2.94 bits per heavy atom. The number of halogens is 1. The average Bonchev–Trinajstić information content (AvgIpc) is 2.19. The van der Waals surface area contributed by atoms with Crippen LogP contribution in [0.15, 0.2) is 23.4 Å². The summed E-state index contributed by atoms with van der Waals surface area (Å²) in [5.74, 6) is 0.0719. The molecule has 0 atom stereocenters. The molecule has 0 saturated carbocycles. The van der Waals surface area contributed by atoms with Crippen LogP contribution >= 0.6 is 23.4 Å². The molecule has 0 aliphatic heterocycles. The molecule has 0 aromatic carbocycles. The lowest BCUT2D eigenvalue weighted by Gasteiger charge is -2.02. The molecule has 0 spiro atoms. The Bertz CT molecular complexity index is 400. The molecular weight excluding hydrogens is 250 g/mol. The topological polar surface area (TPSA) is 85.1 Å². The van der Waals surface area contributed by atoms with E-state index in [1.807, 2.05) is 5.32 Å². The summed E-state index contributed by atoms with van der Waals surface area (Å²) in [5.41, 5.74) is 4.79. The maximum absolute atomic E-state index is 11.0. The predicted molar refractivity (Wildman–Crippen MR) is 62.3 cm³/mol. The maximum atomic E-state index is 11.0. The first-order valence-electron chi connectivity index (χ1n) is 4.42. The van der Waals surface area contributed by atoms with Gasteiger partial charge in [0.25, 0.3) is 0 Å². The fraction of sp³-hybridized carbons (Fsp3) is 0.222. The largest absolute Gasteiger partial charge is 0.351 e. The normalized spacial score (nSPS) is 9.81. The number of nitrogens with zero attached hydrogens (tertiary/aromatic N) is 1. The van der Waals surface area contributed by atoms with Crippen LogP contribution in [0, 0.1) is 0 Å². The Hall–Kier alpha value is -1.27. The van der Waals surface area contributed by atoms with Gasteiger partial charge in [0, 0.05) is 18.4 Å². The standard InChI is InChI=1S/C9H10ClN3O2S/c10-6-2-1-4-12-8(6)16-5-3-7(14)13-9(11)15/h1-2,4H,3,5H2,(H3,11,13,14,15). The molecule has 86 valence electrons. The SMILES string of the molecule is NC(=O)NC(=O)CCSc1ncccc1Cl.